The van der Waals surface area contributed by atoms with Gasteiger partial charge >= 0.3 is 0 Å². The van der Waals surface area contributed by atoms with Crippen LogP contribution in [0.15, 0.2) is 24.5 Å². The van der Waals surface area contributed by atoms with E-state index in [4.69, 9.17) is 16.3 Å². The lowest BCUT2D eigenvalue weighted by Crippen LogP contribution is -2.18. The average Bonchev–Trinajstić information content (AvgIpc) is 3.01. The number of aryl methyl sites for hydroxylation is 1. The van der Waals surface area contributed by atoms with Crippen molar-refractivity contribution in [3.63, 3.8) is 0 Å². The van der Waals surface area contributed by atoms with Crippen molar-refractivity contribution in [2.45, 2.75) is 32.4 Å². The Hall–Kier alpha value is -2.18. The molecule has 0 amide bonds. The molecule has 7 heteroatoms. The van der Waals surface area contributed by atoms with E-state index < -0.39 is 0 Å². The third kappa shape index (κ3) is 2.61. The predicted molar refractivity (Wildman–Crippen MR) is 91.0 cm³/mol. The second-order valence-corrected chi connectivity index (χ2v) is 6.33. The second kappa shape index (κ2) is 6.03. The van der Waals surface area contributed by atoms with Crippen molar-refractivity contribution >= 4 is 22.6 Å². The Kier molecular flexibility index (Phi) is 3.86. The SMILES string of the molecule is Cc1nn(C2CCCCO2)cc1-c1cnc2ccc(O)c(Cl)c2n1. The maximum Gasteiger partial charge on any atom is 0.150 e. The summed E-state index contributed by atoms with van der Waals surface area (Å²) in [4.78, 5) is 8.97. The summed E-state index contributed by atoms with van der Waals surface area (Å²) in [5.74, 6) is -0.00126. The van der Waals surface area contributed by atoms with Crippen LogP contribution in [0.2, 0.25) is 5.02 Å². The third-order valence-corrected chi connectivity index (χ3v) is 4.65. The summed E-state index contributed by atoms with van der Waals surface area (Å²) in [7, 11) is 0. The first-order valence-corrected chi connectivity index (χ1v) is 8.33. The standard InChI is InChI=1S/C17H17ClN4O2/c1-10-11(9-22(21-10)15-4-2-3-7-24-15)13-8-19-12-5-6-14(23)16(18)17(12)20-13/h5-6,8-9,15,23H,2-4,7H2,1H3. The first kappa shape index (κ1) is 15.4. The largest absolute Gasteiger partial charge is 0.506 e. The zero-order valence-electron chi connectivity index (χ0n) is 13.2. The van der Waals surface area contributed by atoms with Crippen molar-refractivity contribution < 1.29 is 9.84 Å². The van der Waals surface area contributed by atoms with Gasteiger partial charge in [0.2, 0.25) is 0 Å². The van der Waals surface area contributed by atoms with Crippen LogP contribution >= 0.6 is 11.6 Å². The van der Waals surface area contributed by atoms with E-state index >= 15 is 0 Å². The molecule has 1 atom stereocenters. The Labute approximate surface area is 144 Å². The molecule has 24 heavy (non-hydrogen) atoms. The molecule has 0 bridgehead atoms. The minimum Gasteiger partial charge on any atom is -0.506 e. The fourth-order valence-corrected chi connectivity index (χ4v) is 3.18. The van der Waals surface area contributed by atoms with Gasteiger partial charge < -0.3 is 9.84 Å². The fourth-order valence-electron chi connectivity index (χ4n) is 2.98. The molecule has 1 N–H and O–H groups in total. The highest BCUT2D eigenvalue weighted by atomic mass is 35.5. The van der Waals surface area contributed by atoms with Gasteiger partial charge in [0.1, 0.15) is 22.5 Å². The molecule has 1 aliphatic rings. The monoisotopic (exact) mass is 344 g/mol. The summed E-state index contributed by atoms with van der Waals surface area (Å²) < 4.78 is 7.64. The van der Waals surface area contributed by atoms with Gasteiger partial charge in [-0.3, -0.25) is 4.98 Å². The third-order valence-electron chi connectivity index (χ3n) is 4.28. The normalized spacial score (nSPS) is 18.2. The van der Waals surface area contributed by atoms with E-state index in [2.05, 4.69) is 15.1 Å². The van der Waals surface area contributed by atoms with Crippen LogP contribution < -0.4 is 0 Å². The quantitative estimate of drug-likeness (QED) is 0.764. The Morgan fingerprint density at radius 3 is 3.00 bits per heavy atom. The van der Waals surface area contributed by atoms with Crippen LogP contribution in [0.5, 0.6) is 5.75 Å². The summed E-state index contributed by atoms with van der Waals surface area (Å²) >= 11 is 6.16. The average molecular weight is 345 g/mol. The number of benzene rings is 1. The topological polar surface area (TPSA) is 73.1 Å². The van der Waals surface area contributed by atoms with Crippen molar-refractivity contribution in [2.24, 2.45) is 0 Å². The Morgan fingerprint density at radius 1 is 1.33 bits per heavy atom. The highest BCUT2D eigenvalue weighted by Gasteiger charge is 2.19. The summed E-state index contributed by atoms with van der Waals surface area (Å²) in [6.07, 6.45) is 6.82. The molecule has 1 aliphatic heterocycles. The molecule has 0 saturated carbocycles. The maximum atomic E-state index is 9.77. The van der Waals surface area contributed by atoms with Gasteiger partial charge in [-0.25, -0.2) is 9.67 Å². The number of rotatable bonds is 2. The minimum absolute atomic E-state index is 0.00126. The number of aromatic nitrogens is 4. The summed E-state index contributed by atoms with van der Waals surface area (Å²) in [5.41, 5.74) is 3.54. The molecule has 1 saturated heterocycles. The van der Waals surface area contributed by atoms with Crippen LogP contribution in [0.25, 0.3) is 22.3 Å². The summed E-state index contributed by atoms with van der Waals surface area (Å²) in [6, 6.07) is 3.21. The van der Waals surface area contributed by atoms with Gasteiger partial charge in [-0.05, 0) is 38.3 Å². The molecule has 1 unspecified atom stereocenters. The number of nitrogens with zero attached hydrogens (tertiary/aromatic N) is 4. The molecule has 1 fully saturated rings. The van der Waals surface area contributed by atoms with Crippen LogP contribution in [0, 0.1) is 6.92 Å². The zero-order chi connectivity index (χ0) is 16.7. The Morgan fingerprint density at radius 2 is 2.21 bits per heavy atom. The lowest BCUT2D eigenvalue weighted by Gasteiger charge is -2.22. The van der Waals surface area contributed by atoms with Crippen molar-refractivity contribution in [3.8, 4) is 17.0 Å². The summed E-state index contributed by atoms with van der Waals surface area (Å²) in [5, 5.41) is 14.6. The molecule has 3 heterocycles. The highest BCUT2D eigenvalue weighted by molar-refractivity contribution is 6.36. The molecule has 2 aromatic heterocycles. The first-order valence-electron chi connectivity index (χ1n) is 7.95. The molecule has 0 spiro atoms. The maximum absolute atomic E-state index is 9.77. The number of phenolic OH excluding ortho intramolecular Hbond substituents is 1. The number of hydrogen-bond acceptors (Lipinski definition) is 5. The molecule has 3 aromatic rings. The van der Waals surface area contributed by atoms with Crippen molar-refractivity contribution in [1.82, 2.24) is 19.7 Å². The van der Waals surface area contributed by atoms with Crippen molar-refractivity contribution in [1.29, 1.82) is 0 Å². The lowest BCUT2D eigenvalue weighted by atomic mass is 10.2. The van der Waals surface area contributed by atoms with Crippen LogP contribution in [-0.2, 0) is 4.74 Å². The van der Waals surface area contributed by atoms with Gasteiger partial charge in [0.25, 0.3) is 0 Å². The van der Waals surface area contributed by atoms with Crippen LogP contribution in [0.1, 0.15) is 31.2 Å². The molecule has 1 aromatic carbocycles. The van der Waals surface area contributed by atoms with E-state index in [1.165, 1.54) is 6.07 Å². The fraction of sp³-hybridized carbons (Fsp3) is 0.353. The molecular weight excluding hydrogens is 328 g/mol. The van der Waals surface area contributed by atoms with Crippen LogP contribution in [-0.4, -0.2) is 31.5 Å². The van der Waals surface area contributed by atoms with Crippen molar-refractivity contribution in [2.75, 3.05) is 6.61 Å². The van der Waals surface area contributed by atoms with E-state index in [-0.39, 0.29) is 17.0 Å². The van der Waals surface area contributed by atoms with Gasteiger partial charge in [0.15, 0.2) is 0 Å². The number of hydrogen-bond donors (Lipinski definition) is 1. The number of halogens is 1. The molecule has 0 radical (unpaired) electrons. The zero-order valence-corrected chi connectivity index (χ0v) is 14.0. The van der Waals surface area contributed by atoms with E-state index in [1.54, 1.807) is 12.3 Å². The van der Waals surface area contributed by atoms with E-state index in [1.807, 2.05) is 17.8 Å². The molecular formula is C17H17ClN4O2. The van der Waals surface area contributed by atoms with Gasteiger partial charge in [-0.15, -0.1) is 0 Å². The van der Waals surface area contributed by atoms with Gasteiger partial charge in [-0.1, -0.05) is 11.6 Å². The molecule has 6 nitrogen and oxygen atoms in total. The molecule has 4 rings (SSSR count). The predicted octanol–water partition coefficient (Wildman–Crippen LogP) is 3.86. The first-order chi connectivity index (χ1) is 11.6. The molecule has 124 valence electrons. The van der Waals surface area contributed by atoms with Crippen molar-refractivity contribution in [3.05, 3.63) is 35.2 Å². The Balaban J connectivity index is 1.77. The number of aromatic hydroxyl groups is 1. The highest BCUT2D eigenvalue weighted by Crippen LogP contribution is 2.32. The van der Waals surface area contributed by atoms with Gasteiger partial charge in [0.05, 0.1) is 23.1 Å². The minimum atomic E-state index is -0.0211. The Bertz CT molecular complexity index is 903. The second-order valence-electron chi connectivity index (χ2n) is 5.95. The van der Waals surface area contributed by atoms with Crippen LogP contribution in [0.3, 0.4) is 0 Å². The van der Waals surface area contributed by atoms with E-state index in [9.17, 15) is 5.11 Å². The number of phenols is 1. The van der Waals surface area contributed by atoms with Gasteiger partial charge in [0, 0.05) is 18.4 Å². The lowest BCUT2D eigenvalue weighted by molar-refractivity contribution is -0.0396. The molecule has 0 aliphatic carbocycles. The smallest absolute Gasteiger partial charge is 0.150 e. The van der Waals surface area contributed by atoms with Crippen LogP contribution in [0.4, 0.5) is 0 Å². The van der Waals surface area contributed by atoms with E-state index in [0.29, 0.717) is 16.7 Å². The van der Waals surface area contributed by atoms with Gasteiger partial charge in [-0.2, -0.15) is 5.10 Å². The summed E-state index contributed by atoms with van der Waals surface area (Å²) in [6.45, 7) is 2.70. The number of fused-ring (bicyclic) bond motifs is 1. The number of ether oxygens (including phenoxy) is 1. The van der Waals surface area contributed by atoms with E-state index in [0.717, 1.165) is 37.1 Å².